The Bertz CT molecular complexity index is 337. The van der Waals surface area contributed by atoms with Gasteiger partial charge in [0.25, 0.3) is 20.2 Å². The molecular weight excluding hydrogens is 279 g/mol. The van der Waals surface area contributed by atoms with Gasteiger partial charge in [0.1, 0.15) is 0 Å². The van der Waals surface area contributed by atoms with Crippen LogP contribution in [0.15, 0.2) is 0 Å². The van der Waals surface area contributed by atoms with Crippen LogP contribution in [0.1, 0.15) is 38.5 Å². The molecule has 0 saturated heterocycles. The van der Waals surface area contributed by atoms with Crippen LogP contribution in [-0.4, -0.2) is 67.0 Å². The third-order valence-electron chi connectivity index (χ3n) is 2.05. The second-order valence-corrected chi connectivity index (χ2v) is 6.84. The number of hydrogen-bond acceptors (Lipinski definition) is 4. The van der Waals surface area contributed by atoms with Gasteiger partial charge in [-0.15, -0.1) is 0 Å². The van der Waals surface area contributed by atoms with Crippen molar-refractivity contribution in [2.45, 2.75) is 38.5 Å². The zero-order valence-corrected chi connectivity index (χ0v) is 10.6. The summed E-state index contributed by atoms with van der Waals surface area (Å²) >= 11 is 0. The fraction of sp³-hybridized carbons (Fsp3) is 1.00. The molecule has 0 aromatic rings. The molecule has 0 bridgehead atoms. The van der Waals surface area contributed by atoms with E-state index in [4.69, 9.17) is 9.11 Å². The Labute approximate surface area is 125 Å². The Balaban J connectivity index is 0. The predicted octanol–water partition coefficient (Wildman–Crippen LogP) is 0.454. The van der Waals surface area contributed by atoms with E-state index in [0.29, 0.717) is 25.7 Å². The van der Waals surface area contributed by atoms with Crippen LogP contribution >= 0.6 is 0 Å². The molecule has 0 aliphatic rings. The number of unbranched alkanes of at least 4 members (excludes halogenated alkanes) is 5. The van der Waals surface area contributed by atoms with Gasteiger partial charge in [-0.2, -0.15) is 16.8 Å². The molecule has 0 rings (SSSR count). The fourth-order valence-electron chi connectivity index (χ4n) is 1.28. The Morgan fingerprint density at radius 2 is 0.824 bits per heavy atom. The predicted molar refractivity (Wildman–Crippen MR) is 67.7 cm³/mol. The minimum atomic E-state index is -3.85. The first-order valence-electron chi connectivity index (χ1n) is 5.11. The minimum absolute atomic E-state index is 0. The van der Waals surface area contributed by atoms with E-state index in [1.807, 2.05) is 0 Å². The molecule has 0 unspecified atom stereocenters. The molecule has 17 heavy (non-hydrogen) atoms. The van der Waals surface area contributed by atoms with Gasteiger partial charge in [-0.05, 0) is 12.8 Å². The molecule has 0 spiro atoms. The number of hydrogen-bond donors (Lipinski definition) is 2. The third-order valence-corrected chi connectivity index (χ3v) is 3.66. The molecule has 0 atom stereocenters. The van der Waals surface area contributed by atoms with Crippen molar-refractivity contribution in [1.82, 2.24) is 0 Å². The standard InChI is InChI=1S/C8H18O6S2.Na.H/c9-15(10,11)7-5-3-1-2-4-6-8-16(12,13)14;;/h1-8H2,(H,9,10,11)(H,12,13,14);;. The summed E-state index contributed by atoms with van der Waals surface area (Å²) in [5.41, 5.74) is 0. The molecule has 0 saturated carbocycles. The van der Waals surface area contributed by atoms with E-state index < -0.39 is 20.2 Å². The van der Waals surface area contributed by atoms with Crippen molar-refractivity contribution in [2.24, 2.45) is 0 Å². The summed E-state index contributed by atoms with van der Waals surface area (Å²) < 4.78 is 58.2. The average molecular weight is 298 g/mol. The second-order valence-electron chi connectivity index (χ2n) is 3.69. The molecule has 0 aromatic carbocycles. The average Bonchev–Trinajstić information content (AvgIpc) is 2.06. The summed E-state index contributed by atoms with van der Waals surface area (Å²) in [4.78, 5) is 0. The van der Waals surface area contributed by atoms with Gasteiger partial charge >= 0.3 is 29.6 Å². The van der Waals surface area contributed by atoms with Crippen molar-refractivity contribution in [3.63, 3.8) is 0 Å². The molecular formula is C8H19NaO6S2. The van der Waals surface area contributed by atoms with E-state index in [0.717, 1.165) is 12.8 Å². The van der Waals surface area contributed by atoms with Crippen LogP contribution in [0.2, 0.25) is 0 Å². The molecule has 0 aromatic heterocycles. The van der Waals surface area contributed by atoms with Gasteiger partial charge in [-0.25, -0.2) is 0 Å². The summed E-state index contributed by atoms with van der Waals surface area (Å²) in [6, 6.07) is 0. The molecule has 9 heteroatoms. The fourth-order valence-corrected chi connectivity index (χ4v) is 2.41. The first-order valence-corrected chi connectivity index (χ1v) is 8.33. The van der Waals surface area contributed by atoms with Crippen LogP contribution in [0.5, 0.6) is 0 Å². The van der Waals surface area contributed by atoms with Gasteiger partial charge < -0.3 is 0 Å². The monoisotopic (exact) mass is 298 g/mol. The first-order chi connectivity index (χ1) is 7.21. The van der Waals surface area contributed by atoms with Crippen molar-refractivity contribution in [1.29, 1.82) is 0 Å². The van der Waals surface area contributed by atoms with E-state index in [-0.39, 0.29) is 41.1 Å². The molecule has 100 valence electrons. The molecule has 0 amide bonds. The van der Waals surface area contributed by atoms with Crippen molar-refractivity contribution >= 4 is 49.8 Å². The molecule has 6 nitrogen and oxygen atoms in total. The number of rotatable bonds is 9. The first kappa shape index (κ1) is 20.1. The van der Waals surface area contributed by atoms with Gasteiger partial charge in [0.05, 0.1) is 11.5 Å². The van der Waals surface area contributed by atoms with E-state index >= 15 is 0 Å². The van der Waals surface area contributed by atoms with Gasteiger partial charge in [-0.3, -0.25) is 9.11 Å². The van der Waals surface area contributed by atoms with E-state index in [1.54, 1.807) is 0 Å². The van der Waals surface area contributed by atoms with E-state index in [2.05, 4.69) is 0 Å². The van der Waals surface area contributed by atoms with Crippen molar-refractivity contribution in [3.05, 3.63) is 0 Å². The van der Waals surface area contributed by atoms with Crippen LogP contribution in [0.25, 0.3) is 0 Å². The molecule has 0 aliphatic heterocycles. The van der Waals surface area contributed by atoms with Crippen molar-refractivity contribution < 1.29 is 25.9 Å². The Kier molecular flexibility index (Phi) is 11.5. The topological polar surface area (TPSA) is 109 Å². The normalized spacial score (nSPS) is 12.1. The summed E-state index contributed by atoms with van der Waals surface area (Å²) in [7, 11) is -7.71. The van der Waals surface area contributed by atoms with E-state index in [9.17, 15) is 16.8 Å². The SMILES string of the molecule is O=S(=O)(O)CCCCCCCCS(=O)(=O)O.[NaH]. The van der Waals surface area contributed by atoms with Gasteiger partial charge in [0.15, 0.2) is 0 Å². The maximum atomic E-state index is 10.3. The van der Waals surface area contributed by atoms with Crippen molar-refractivity contribution in [2.75, 3.05) is 11.5 Å². The molecule has 0 radical (unpaired) electrons. The Morgan fingerprint density at radius 3 is 1.06 bits per heavy atom. The molecule has 0 fully saturated rings. The molecule has 2 N–H and O–H groups in total. The molecule has 0 aliphatic carbocycles. The second kappa shape index (κ2) is 9.71. The van der Waals surface area contributed by atoms with Crippen LogP contribution in [-0.2, 0) is 20.2 Å². The molecule has 0 heterocycles. The quantitative estimate of drug-likeness (QED) is 0.363. The van der Waals surface area contributed by atoms with E-state index in [1.165, 1.54) is 0 Å². The summed E-state index contributed by atoms with van der Waals surface area (Å²) in [5.74, 6) is -0.448. The zero-order valence-electron chi connectivity index (χ0n) is 9.00. The van der Waals surface area contributed by atoms with Crippen LogP contribution in [0.3, 0.4) is 0 Å². The summed E-state index contributed by atoms with van der Waals surface area (Å²) in [6.07, 6.45) is 3.79. The zero-order chi connectivity index (χ0) is 12.7. The Morgan fingerprint density at radius 1 is 0.588 bits per heavy atom. The van der Waals surface area contributed by atoms with Crippen LogP contribution in [0.4, 0.5) is 0 Å². The Hall–Kier alpha value is 0.820. The van der Waals surface area contributed by atoms with Gasteiger partial charge in [-0.1, -0.05) is 25.7 Å². The summed E-state index contributed by atoms with van der Waals surface area (Å²) in [6.45, 7) is 0. The van der Waals surface area contributed by atoms with Crippen LogP contribution in [0, 0.1) is 0 Å². The van der Waals surface area contributed by atoms with Crippen molar-refractivity contribution in [3.8, 4) is 0 Å². The summed E-state index contributed by atoms with van der Waals surface area (Å²) in [5, 5.41) is 0. The van der Waals surface area contributed by atoms with Gasteiger partial charge in [0, 0.05) is 0 Å². The third kappa shape index (κ3) is 19.3. The van der Waals surface area contributed by atoms with Gasteiger partial charge in [0.2, 0.25) is 0 Å². The van der Waals surface area contributed by atoms with Crippen LogP contribution < -0.4 is 0 Å². The maximum absolute atomic E-state index is 10.3.